The van der Waals surface area contributed by atoms with Crippen molar-refractivity contribution in [1.29, 1.82) is 0 Å². The van der Waals surface area contributed by atoms with Crippen LogP contribution in [0.4, 0.5) is 35.1 Å². The van der Waals surface area contributed by atoms with Gasteiger partial charge in [0, 0.05) is 37.3 Å². The van der Waals surface area contributed by atoms with E-state index in [0.717, 1.165) is 61.8 Å². The summed E-state index contributed by atoms with van der Waals surface area (Å²) in [5.41, 5.74) is 1.51. The summed E-state index contributed by atoms with van der Waals surface area (Å²) >= 11 is 0. The molecule has 0 radical (unpaired) electrons. The molecule has 0 atom stereocenters. The number of likely N-dealkylation sites (N-methyl/N-ethyl adjacent to an activating group) is 1. The van der Waals surface area contributed by atoms with Crippen molar-refractivity contribution in [2.75, 3.05) is 26.7 Å². The van der Waals surface area contributed by atoms with Crippen molar-refractivity contribution >= 4 is 11.9 Å². The molecule has 2 N–H and O–H groups in total. The number of likely N-dealkylation sites (tertiary alicyclic amines) is 1. The number of aromatic nitrogens is 3. The molecule has 17 heteroatoms. The van der Waals surface area contributed by atoms with E-state index in [2.05, 4.69) is 31.6 Å². The summed E-state index contributed by atoms with van der Waals surface area (Å²) in [4.78, 5) is 22.4. The van der Waals surface area contributed by atoms with Gasteiger partial charge in [0.15, 0.2) is 5.82 Å². The molecule has 1 aromatic heterocycles. The van der Waals surface area contributed by atoms with Crippen molar-refractivity contribution < 1.29 is 54.9 Å². The number of alkyl halides is 6. The van der Waals surface area contributed by atoms with Crippen LogP contribution in [0, 0.1) is 11.6 Å². The Bertz CT molecular complexity index is 1410. The Morgan fingerprint density at radius 3 is 1.89 bits per heavy atom. The molecule has 1 spiro atoms. The predicted octanol–water partition coefficient (Wildman–Crippen LogP) is 4.93. The van der Waals surface area contributed by atoms with E-state index >= 15 is 0 Å². The minimum atomic E-state index is -5.08. The SMILES string of the molecule is CN1Cc2nnc(-c3ccc(F)cc3)n2C2(CCN(Cc3ccccc3F)CC2)C1.O=C(O)C(F)(F)F.O=C(O)C(F)(F)F. The standard InChI is InChI=1S/C23H25F2N5.2C2HF3O2/c1-28-15-21-26-27-22(17-6-8-19(24)9-7-17)30(21)23(16-28)10-12-29(13-11-23)14-18-4-2-3-5-20(18)25;2*3-2(4,5)1(6)7/h2-9H,10-16H2,1H3;2*(H,6,7). The number of carboxylic acid groups (broad SMARTS) is 2. The number of halogens is 8. The second-order valence-corrected chi connectivity index (χ2v) is 10.2. The van der Waals surface area contributed by atoms with Crippen LogP contribution in [-0.4, -0.2) is 85.8 Å². The average molecular weight is 638 g/mol. The van der Waals surface area contributed by atoms with Crippen molar-refractivity contribution in [2.24, 2.45) is 0 Å². The molecule has 240 valence electrons. The van der Waals surface area contributed by atoms with Gasteiger partial charge in [0.2, 0.25) is 0 Å². The Kier molecular flexibility index (Phi) is 10.7. The third-order valence-electron chi connectivity index (χ3n) is 6.91. The molecule has 0 unspecified atom stereocenters. The molecule has 2 aromatic carbocycles. The molecule has 3 aromatic rings. The first-order valence-corrected chi connectivity index (χ1v) is 12.9. The number of fused-ring (bicyclic) bond motifs is 2. The smallest absolute Gasteiger partial charge is 0.475 e. The molecule has 1 fully saturated rings. The molecule has 9 nitrogen and oxygen atoms in total. The van der Waals surface area contributed by atoms with Gasteiger partial charge < -0.3 is 14.8 Å². The summed E-state index contributed by atoms with van der Waals surface area (Å²) in [6.45, 7) is 4.04. The number of piperidine rings is 1. The topological polar surface area (TPSA) is 112 Å². The highest BCUT2D eigenvalue weighted by Crippen LogP contribution is 2.39. The zero-order valence-electron chi connectivity index (χ0n) is 23.0. The number of carboxylic acids is 2. The van der Waals surface area contributed by atoms with Crippen molar-refractivity contribution in [3.05, 3.63) is 71.6 Å². The highest BCUT2D eigenvalue weighted by molar-refractivity contribution is 5.73. The summed E-state index contributed by atoms with van der Waals surface area (Å²) in [5.74, 6) is -4.16. The van der Waals surface area contributed by atoms with E-state index in [1.54, 1.807) is 18.2 Å². The fourth-order valence-corrected chi connectivity index (χ4v) is 4.95. The molecule has 5 rings (SSSR count). The molecule has 2 aliphatic rings. The lowest BCUT2D eigenvalue weighted by molar-refractivity contribution is -0.193. The number of nitrogens with zero attached hydrogens (tertiary/aromatic N) is 5. The summed E-state index contributed by atoms with van der Waals surface area (Å²) in [5, 5.41) is 23.2. The number of hydrogen-bond donors (Lipinski definition) is 2. The molecule has 2 aliphatic heterocycles. The molecular formula is C27H27F8N5O4. The number of rotatable bonds is 3. The van der Waals surface area contributed by atoms with E-state index in [9.17, 15) is 35.1 Å². The van der Waals surface area contributed by atoms with Crippen LogP contribution < -0.4 is 0 Å². The van der Waals surface area contributed by atoms with Crippen molar-refractivity contribution in [2.45, 2.75) is 43.8 Å². The first-order chi connectivity index (χ1) is 20.4. The molecular weight excluding hydrogens is 610 g/mol. The van der Waals surface area contributed by atoms with E-state index < -0.39 is 24.3 Å². The van der Waals surface area contributed by atoms with Gasteiger partial charge >= 0.3 is 24.3 Å². The minimum absolute atomic E-state index is 0.110. The highest BCUT2D eigenvalue weighted by Gasteiger charge is 2.43. The molecule has 1 saturated heterocycles. The molecule has 3 heterocycles. The summed E-state index contributed by atoms with van der Waals surface area (Å²) in [6.07, 6.45) is -8.30. The van der Waals surface area contributed by atoms with E-state index in [-0.39, 0.29) is 17.2 Å². The van der Waals surface area contributed by atoms with Gasteiger partial charge in [-0.1, -0.05) is 18.2 Å². The zero-order valence-corrected chi connectivity index (χ0v) is 23.0. The molecule has 44 heavy (non-hydrogen) atoms. The Morgan fingerprint density at radius 1 is 0.864 bits per heavy atom. The van der Waals surface area contributed by atoms with E-state index in [1.807, 2.05) is 12.1 Å². The average Bonchev–Trinajstić information content (AvgIpc) is 3.36. The largest absolute Gasteiger partial charge is 0.490 e. The second kappa shape index (κ2) is 13.7. The van der Waals surface area contributed by atoms with Gasteiger partial charge in [-0.3, -0.25) is 9.80 Å². The Morgan fingerprint density at radius 2 is 1.39 bits per heavy atom. The number of aliphatic carboxylic acids is 2. The normalized spacial score (nSPS) is 16.7. The Labute approximate surface area is 245 Å². The zero-order chi connectivity index (χ0) is 32.9. The Balaban J connectivity index is 0.000000317. The van der Waals surface area contributed by atoms with Crippen LogP contribution in [0.1, 0.15) is 24.2 Å². The summed E-state index contributed by atoms with van der Waals surface area (Å²) in [6, 6.07) is 13.5. The highest BCUT2D eigenvalue weighted by atomic mass is 19.4. The van der Waals surface area contributed by atoms with Crippen LogP contribution in [0.5, 0.6) is 0 Å². The number of benzene rings is 2. The fraction of sp³-hybridized carbons (Fsp3) is 0.407. The van der Waals surface area contributed by atoms with Crippen LogP contribution >= 0.6 is 0 Å². The first-order valence-electron chi connectivity index (χ1n) is 12.9. The quantitative estimate of drug-likeness (QED) is 0.390. The van der Waals surface area contributed by atoms with Crippen molar-refractivity contribution in [1.82, 2.24) is 24.6 Å². The van der Waals surface area contributed by atoms with Crippen LogP contribution in [0.15, 0.2) is 48.5 Å². The molecule has 0 amide bonds. The summed E-state index contributed by atoms with van der Waals surface area (Å²) < 4.78 is 93.3. The van der Waals surface area contributed by atoms with Gasteiger partial charge in [0.1, 0.15) is 17.5 Å². The maximum atomic E-state index is 14.1. The molecule has 0 aliphatic carbocycles. The van der Waals surface area contributed by atoms with Gasteiger partial charge in [0.25, 0.3) is 0 Å². The van der Waals surface area contributed by atoms with E-state index in [4.69, 9.17) is 19.8 Å². The predicted molar refractivity (Wildman–Crippen MR) is 138 cm³/mol. The number of carbonyl (C=O) groups is 2. The summed E-state index contributed by atoms with van der Waals surface area (Å²) in [7, 11) is 2.11. The fourth-order valence-electron chi connectivity index (χ4n) is 4.95. The molecule has 0 saturated carbocycles. The van der Waals surface area contributed by atoms with Gasteiger partial charge in [-0.2, -0.15) is 26.3 Å². The van der Waals surface area contributed by atoms with Gasteiger partial charge in [0.05, 0.1) is 12.1 Å². The van der Waals surface area contributed by atoms with Gasteiger partial charge in [-0.25, -0.2) is 18.4 Å². The molecule has 0 bridgehead atoms. The second-order valence-electron chi connectivity index (χ2n) is 10.2. The van der Waals surface area contributed by atoms with Crippen molar-refractivity contribution in [3.8, 4) is 11.4 Å². The minimum Gasteiger partial charge on any atom is -0.475 e. The van der Waals surface area contributed by atoms with E-state index in [0.29, 0.717) is 6.54 Å². The lowest BCUT2D eigenvalue weighted by Crippen LogP contribution is -2.55. The first kappa shape index (κ1) is 34.4. The third kappa shape index (κ3) is 8.72. The van der Waals surface area contributed by atoms with Gasteiger partial charge in [-0.15, -0.1) is 10.2 Å². The van der Waals surface area contributed by atoms with E-state index in [1.165, 1.54) is 18.2 Å². The maximum absolute atomic E-state index is 14.1. The van der Waals surface area contributed by atoms with Crippen LogP contribution in [0.2, 0.25) is 0 Å². The lowest BCUT2D eigenvalue weighted by Gasteiger charge is -2.48. The monoisotopic (exact) mass is 637 g/mol. The lowest BCUT2D eigenvalue weighted by atomic mass is 9.84. The van der Waals surface area contributed by atoms with Crippen molar-refractivity contribution in [3.63, 3.8) is 0 Å². The van der Waals surface area contributed by atoms with Crippen LogP contribution in [0.3, 0.4) is 0 Å². The number of hydrogen-bond acceptors (Lipinski definition) is 6. The Hall–Kier alpha value is -4.12. The maximum Gasteiger partial charge on any atom is 0.490 e. The third-order valence-corrected chi connectivity index (χ3v) is 6.91. The van der Waals surface area contributed by atoms with Crippen LogP contribution in [-0.2, 0) is 28.2 Å². The van der Waals surface area contributed by atoms with Gasteiger partial charge in [-0.05, 0) is 50.2 Å². The van der Waals surface area contributed by atoms with Crippen LogP contribution in [0.25, 0.3) is 11.4 Å².